The van der Waals surface area contributed by atoms with Gasteiger partial charge in [0, 0.05) is 34.4 Å². The van der Waals surface area contributed by atoms with E-state index in [-0.39, 0.29) is 11.9 Å². The van der Waals surface area contributed by atoms with E-state index in [1.54, 1.807) is 30.6 Å². The van der Waals surface area contributed by atoms with Crippen molar-refractivity contribution in [3.05, 3.63) is 53.6 Å². The summed E-state index contributed by atoms with van der Waals surface area (Å²) in [6.45, 7) is 0. The smallest absolute Gasteiger partial charge is 0.252 e. The van der Waals surface area contributed by atoms with Gasteiger partial charge in [0.05, 0.1) is 16.8 Å². The van der Waals surface area contributed by atoms with Gasteiger partial charge in [-0.15, -0.1) is 0 Å². The highest BCUT2D eigenvalue weighted by atomic mass is 35.5. The molecule has 126 valence electrons. The normalized spacial score (nSPS) is 14.8. The van der Waals surface area contributed by atoms with Crippen LogP contribution in [0.2, 0.25) is 5.02 Å². The molecule has 2 heterocycles. The Morgan fingerprint density at radius 3 is 2.64 bits per heavy atom. The lowest BCUT2D eigenvalue weighted by molar-refractivity contribution is 0.0939. The first-order chi connectivity index (χ1) is 12.2. The fraction of sp³-hybridized carbons (Fsp3) is 0.263. The number of rotatable bonds is 3. The number of pyridine rings is 1. The van der Waals surface area contributed by atoms with Crippen LogP contribution in [0.4, 0.5) is 0 Å². The number of fused-ring (bicyclic) bond motifs is 1. The maximum atomic E-state index is 12.9. The Morgan fingerprint density at radius 1 is 1.12 bits per heavy atom. The van der Waals surface area contributed by atoms with Crippen LogP contribution in [0, 0.1) is 0 Å². The lowest BCUT2D eigenvalue weighted by Gasteiger charge is -2.14. The molecule has 0 aliphatic heterocycles. The maximum Gasteiger partial charge on any atom is 0.252 e. The van der Waals surface area contributed by atoms with Crippen molar-refractivity contribution in [2.45, 2.75) is 31.7 Å². The first-order valence-corrected chi connectivity index (χ1v) is 8.75. The van der Waals surface area contributed by atoms with E-state index in [0.29, 0.717) is 16.3 Å². The average molecular weight is 353 g/mol. The number of hydrogen-bond acceptors (Lipinski definition) is 4. The minimum absolute atomic E-state index is 0.0836. The molecule has 25 heavy (non-hydrogen) atoms. The van der Waals surface area contributed by atoms with E-state index in [4.69, 9.17) is 11.6 Å². The molecule has 1 aliphatic carbocycles. The van der Waals surface area contributed by atoms with Gasteiger partial charge in [0.25, 0.3) is 5.91 Å². The van der Waals surface area contributed by atoms with Crippen molar-refractivity contribution in [3.63, 3.8) is 0 Å². The van der Waals surface area contributed by atoms with E-state index >= 15 is 0 Å². The van der Waals surface area contributed by atoms with Gasteiger partial charge in [-0.05, 0) is 37.1 Å². The molecule has 1 aliphatic rings. The minimum atomic E-state index is -0.0836. The number of carbonyl (C=O) groups is 1. The van der Waals surface area contributed by atoms with Crippen molar-refractivity contribution in [3.8, 4) is 11.3 Å². The molecule has 1 aromatic carbocycles. The predicted molar refractivity (Wildman–Crippen MR) is 97.5 cm³/mol. The Hall–Kier alpha value is -2.53. The van der Waals surface area contributed by atoms with Crippen molar-refractivity contribution in [1.82, 2.24) is 20.3 Å². The Balaban J connectivity index is 1.81. The summed E-state index contributed by atoms with van der Waals surface area (Å²) in [5.41, 5.74) is 2.75. The first kappa shape index (κ1) is 16.0. The van der Waals surface area contributed by atoms with Gasteiger partial charge in [-0.1, -0.05) is 24.4 Å². The van der Waals surface area contributed by atoms with E-state index in [1.807, 2.05) is 6.07 Å². The molecule has 5 nitrogen and oxygen atoms in total. The minimum Gasteiger partial charge on any atom is -0.349 e. The fourth-order valence-electron chi connectivity index (χ4n) is 3.30. The maximum absolute atomic E-state index is 12.9. The standard InChI is InChI=1S/C19H17ClN4O/c20-13-5-6-17-15(7-13)16(19(25)23-14-3-1-2-4-14)8-18(24-17)12-9-21-11-22-10-12/h5-11,14H,1-4H2,(H,23,25). The van der Waals surface area contributed by atoms with E-state index < -0.39 is 0 Å². The molecule has 0 radical (unpaired) electrons. The monoisotopic (exact) mass is 352 g/mol. The van der Waals surface area contributed by atoms with Gasteiger partial charge in [-0.2, -0.15) is 0 Å². The average Bonchev–Trinajstić information content (AvgIpc) is 3.14. The van der Waals surface area contributed by atoms with E-state index in [1.165, 1.54) is 19.2 Å². The molecule has 6 heteroatoms. The van der Waals surface area contributed by atoms with Crippen LogP contribution >= 0.6 is 11.6 Å². The summed E-state index contributed by atoms with van der Waals surface area (Å²) in [5, 5.41) is 4.48. The van der Waals surface area contributed by atoms with Gasteiger partial charge in [0.2, 0.25) is 0 Å². The van der Waals surface area contributed by atoms with Crippen molar-refractivity contribution in [2.24, 2.45) is 0 Å². The highest BCUT2D eigenvalue weighted by Crippen LogP contribution is 2.27. The van der Waals surface area contributed by atoms with Crippen LogP contribution in [-0.2, 0) is 0 Å². The van der Waals surface area contributed by atoms with E-state index in [9.17, 15) is 4.79 Å². The second-order valence-electron chi connectivity index (χ2n) is 6.30. The molecule has 0 bridgehead atoms. The van der Waals surface area contributed by atoms with Crippen LogP contribution in [-0.4, -0.2) is 26.9 Å². The third-order valence-corrected chi connectivity index (χ3v) is 4.80. The first-order valence-electron chi connectivity index (χ1n) is 8.37. The van der Waals surface area contributed by atoms with Crippen LogP contribution in [0.15, 0.2) is 43.0 Å². The Kier molecular flexibility index (Phi) is 4.32. The predicted octanol–water partition coefficient (Wildman–Crippen LogP) is 4.02. The third kappa shape index (κ3) is 3.33. The van der Waals surface area contributed by atoms with Crippen LogP contribution in [0.3, 0.4) is 0 Å². The molecule has 2 aromatic heterocycles. The summed E-state index contributed by atoms with van der Waals surface area (Å²) < 4.78 is 0. The Morgan fingerprint density at radius 2 is 1.88 bits per heavy atom. The largest absolute Gasteiger partial charge is 0.349 e. The molecule has 1 amide bonds. The summed E-state index contributed by atoms with van der Waals surface area (Å²) in [6.07, 6.45) is 9.26. The van der Waals surface area contributed by atoms with Crippen molar-refractivity contribution < 1.29 is 4.79 Å². The zero-order chi connectivity index (χ0) is 17.2. The topological polar surface area (TPSA) is 67.8 Å². The van der Waals surface area contributed by atoms with Crippen molar-refractivity contribution >= 4 is 28.4 Å². The number of halogens is 1. The summed E-state index contributed by atoms with van der Waals surface area (Å²) in [6, 6.07) is 7.44. The molecule has 0 atom stereocenters. The van der Waals surface area contributed by atoms with Crippen LogP contribution in [0.25, 0.3) is 22.2 Å². The number of nitrogens with zero attached hydrogens (tertiary/aromatic N) is 3. The highest BCUT2D eigenvalue weighted by Gasteiger charge is 2.20. The molecule has 1 saturated carbocycles. The second kappa shape index (κ2) is 6.76. The number of aromatic nitrogens is 3. The van der Waals surface area contributed by atoms with Crippen LogP contribution in [0.5, 0.6) is 0 Å². The van der Waals surface area contributed by atoms with Gasteiger partial charge in [0.1, 0.15) is 6.33 Å². The lowest BCUT2D eigenvalue weighted by Crippen LogP contribution is -2.32. The van der Waals surface area contributed by atoms with Gasteiger partial charge in [-0.3, -0.25) is 4.79 Å². The molecule has 0 unspecified atom stereocenters. The highest BCUT2D eigenvalue weighted by molar-refractivity contribution is 6.31. The molecule has 4 rings (SSSR count). The van der Waals surface area contributed by atoms with Gasteiger partial charge in [0.15, 0.2) is 0 Å². The lowest BCUT2D eigenvalue weighted by atomic mass is 10.0. The number of nitrogens with one attached hydrogen (secondary N) is 1. The van der Waals surface area contributed by atoms with Crippen LogP contribution in [0.1, 0.15) is 36.0 Å². The van der Waals surface area contributed by atoms with Gasteiger partial charge in [-0.25, -0.2) is 15.0 Å². The second-order valence-corrected chi connectivity index (χ2v) is 6.73. The summed E-state index contributed by atoms with van der Waals surface area (Å²) in [7, 11) is 0. The Labute approximate surface area is 150 Å². The van der Waals surface area contributed by atoms with Gasteiger partial charge >= 0.3 is 0 Å². The molecular weight excluding hydrogens is 336 g/mol. The molecule has 1 fully saturated rings. The summed E-state index contributed by atoms with van der Waals surface area (Å²) in [4.78, 5) is 25.6. The number of carbonyl (C=O) groups excluding carboxylic acids is 1. The molecule has 3 aromatic rings. The molecule has 1 N–H and O–H groups in total. The molecule has 0 saturated heterocycles. The van der Waals surface area contributed by atoms with Crippen molar-refractivity contribution in [1.29, 1.82) is 0 Å². The van der Waals surface area contributed by atoms with Crippen molar-refractivity contribution in [2.75, 3.05) is 0 Å². The third-order valence-electron chi connectivity index (χ3n) is 4.56. The summed E-state index contributed by atoms with van der Waals surface area (Å²) in [5.74, 6) is -0.0836. The fourth-order valence-corrected chi connectivity index (χ4v) is 3.47. The zero-order valence-electron chi connectivity index (χ0n) is 13.6. The van der Waals surface area contributed by atoms with E-state index in [0.717, 1.165) is 29.3 Å². The van der Waals surface area contributed by atoms with Crippen LogP contribution < -0.4 is 5.32 Å². The van der Waals surface area contributed by atoms with Gasteiger partial charge < -0.3 is 5.32 Å². The molecular formula is C19H17ClN4O. The number of amides is 1. The quantitative estimate of drug-likeness (QED) is 0.773. The van der Waals surface area contributed by atoms with E-state index in [2.05, 4.69) is 20.3 Å². The molecule has 0 spiro atoms. The summed E-state index contributed by atoms with van der Waals surface area (Å²) >= 11 is 6.14. The zero-order valence-corrected chi connectivity index (χ0v) is 14.3. The number of benzene rings is 1. The Bertz CT molecular complexity index is 923. The SMILES string of the molecule is O=C(NC1CCCC1)c1cc(-c2cncnc2)nc2ccc(Cl)cc12. The number of hydrogen-bond donors (Lipinski definition) is 1.